The van der Waals surface area contributed by atoms with Crippen LogP contribution in [-0.4, -0.2) is 21.6 Å². The number of hydrogen-bond acceptors (Lipinski definition) is 3. The third-order valence-electron chi connectivity index (χ3n) is 3.58. The van der Waals surface area contributed by atoms with E-state index in [-0.39, 0.29) is 11.9 Å². The van der Waals surface area contributed by atoms with E-state index in [0.717, 1.165) is 11.3 Å². The summed E-state index contributed by atoms with van der Waals surface area (Å²) >= 11 is 2.13. The predicted octanol–water partition coefficient (Wildman–Crippen LogP) is 1.82. The summed E-state index contributed by atoms with van der Waals surface area (Å²) in [5.74, 6) is 0.0260. The monoisotopic (exact) mass is 339 g/mol. The first-order valence-corrected chi connectivity index (χ1v) is 6.37. The van der Waals surface area contributed by atoms with Crippen molar-refractivity contribution in [3.05, 3.63) is 29.8 Å². The van der Waals surface area contributed by atoms with Crippen molar-refractivity contribution in [1.82, 2.24) is 3.11 Å². The van der Waals surface area contributed by atoms with Gasteiger partial charge in [-0.1, -0.05) is 18.2 Å². The van der Waals surface area contributed by atoms with Gasteiger partial charge in [-0.05, 0) is 18.1 Å². The molecule has 1 N–H and O–H groups in total. The number of nitrogens with zero attached hydrogens (tertiary/aromatic N) is 2. The van der Waals surface area contributed by atoms with Crippen LogP contribution in [0, 0.1) is 11.3 Å². The Kier molecular flexibility index (Phi) is 2.38. The molecule has 0 unspecified atom stereocenters. The average molecular weight is 339 g/mol. The molecule has 1 spiro atoms. The lowest BCUT2D eigenvalue weighted by Gasteiger charge is -2.19. The fourth-order valence-corrected chi connectivity index (χ4v) is 3.61. The lowest BCUT2D eigenvalue weighted by atomic mass is 9.80. The van der Waals surface area contributed by atoms with Crippen LogP contribution in [-0.2, 0) is 10.2 Å². The molecule has 5 heteroatoms. The van der Waals surface area contributed by atoms with Crippen molar-refractivity contribution in [2.45, 2.75) is 17.9 Å². The van der Waals surface area contributed by atoms with Gasteiger partial charge in [-0.25, -0.2) is 3.11 Å². The lowest BCUT2D eigenvalue weighted by molar-refractivity contribution is -0.120. The molecule has 2 aliphatic heterocycles. The Morgan fingerprint density at radius 2 is 2.29 bits per heavy atom. The number of hydrogen-bond donors (Lipinski definition) is 1. The molecule has 0 radical (unpaired) electrons. The number of amides is 1. The Morgan fingerprint density at radius 3 is 3.00 bits per heavy atom. The zero-order valence-electron chi connectivity index (χ0n) is 8.98. The summed E-state index contributed by atoms with van der Waals surface area (Å²) < 4.78 is 1.93. The van der Waals surface area contributed by atoms with E-state index >= 15 is 0 Å². The number of fused-ring (bicyclic) bond motifs is 2. The average Bonchev–Trinajstić information content (AvgIpc) is 2.80. The molecule has 0 bridgehead atoms. The van der Waals surface area contributed by atoms with Crippen LogP contribution in [0.15, 0.2) is 24.3 Å². The molecule has 86 valence electrons. The summed E-state index contributed by atoms with van der Waals surface area (Å²) in [7, 11) is 0. The Morgan fingerprint density at radius 1 is 1.53 bits per heavy atom. The third kappa shape index (κ3) is 1.40. The van der Waals surface area contributed by atoms with Crippen LogP contribution in [0.2, 0.25) is 0 Å². The van der Waals surface area contributed by atoms with Gasteiger partial charge in [0.05, 0.1) is 11.5 Å². The number of nitriles is 1. The van der Waals surface area contributed by atoms with Gasteiger partial charge >= 0.3 is 0 Å². The van der Waals surface area contributed by atoms with Crippen LogP contribution in [0.5, 0.6) is 0 Å². The van der Waals surface area contributed by atoms with Crippen molar-refractivity contribution >= 4 is 34.5 Å². The van der Waals surface area contributed by atoms with Gasteiger partial charge in [-0.3, -0.25) is 4.79 Å². The van der Waals surface area contributed by atoms with Crippen molar-refractivity contribution in [3.8, 4) is 6.07 Å². The summed E-state index contributed by atoms with van der Waals surface area (Å²) in [5.41, 5.74) is 1.39. The van der Waals surface area contributed by atoms with Crippen LogP contribution in [0.1, 0.15) is 12.0 Å². The first-order chi connectivity index (χ1) is 8.17. The number of anilines is 1. The van der Waals surface area contributed by atoms with Gasteiger partial charge < -0.3 is 5.32 Å². The maximum absolute atomic E-state index is 12.2. The minimum Gasteiger partial charge on any atom is -0.325 e. The van der Waals surface area contributed by atoms with Gasteiger partial charge in [0.2, 0.25) is 5.91 Å². The minimum absolute atomic E-state index is 0.0260. The van der Waals surface area contributed by atoms with Crippen molar-refractivity contribution in [1.29, 1.82) is 5.26 Å². The number of carbonyl (C=O) groups is 1. The Labute approximate surface area is 113 Å². The highest BCUT2D eigenvalue weighted by Crippen LogP contribution is 2.46. The van der Waals surface area contributed by atoms with Gasteiger partial charge in [0.1, 0.15) is 6.04 Å². The smallest absolute Gasteiger partial charge is 0.236 e. The molecular weight excluding hydrogens is 329 g/mol. The molecule has 2 heterocycles. The fourth-order valence-electron chi connectivity index (χ4n) is 2.70. The lowest BCUT2D eigenvalue weighted by Crippen LogP contribution is -2.36. The van der Waals surface area contributed by atoms with Crippen molar-refractivity contribution in [2.24, 2.45) is 0 Å². The molecule has 2 aliphatic rings. The van der Waals surface area contributed by atoms with Crippen LogP contribution in [0.25, 0.3) is 0 Å². The predicted molar refractivity (Wildman–Crippen MR) is 71.5 cm³/mol. The molecule has 1 aromatic carbocycles. The fraction of sp³-hybridized carbons (Fsp3) is 0.333. The number of nitrogens with one attached hydrogen (secondary N) is 1. The topological polar surface area (TPSA) is 56.1 Å². The van der Waals surface area contributed by atoms with E-state index in [1.807, 2.05) is 27.4 Å². The second-order valence-electron chi connectivity index (χ2n) is 4.49. The Hall–Kier alpha value is -1.13. The van der Waals surface area contributed by atoms with Gasteiger partial charge in [-0.15, -0.1) is 0 Å². The molecule has 2 atom stereocenters. The number of halogens is 1. The van der Waals surface area contributed by atoms with E-state index in [0.29, 0.717) is 13.0 Å². The standard InChI is InChI=1S/C12H10IN3O/c13-16-7-12(5-8(16)6-14)9-3-1-2-4-10(9)15-11(12)17/h1-4,8H,5,7H2,(H,15,17)/t8-,12-/m0/s1. The molecule has 4 nitrogen and oxygen atoms in total. The van der Waals surface area contributed by atoms with Gasteiger partial charge in [0, 0.05) is 35.1 Å². The molecule has 0 aromatic heterocycles. The maximum atomic E-state index is 12.2. The summed E-state index contributed by atoms with van der Waals surface area (Å²) in [5, 5.41) is 12.0. The Balaban J connectivity index is 2.10. The van der Waals surface area contributed by atoms with Crippen molar-refractivity contribution in [2.75, 3.05) is 11.9 Å². The number of para-hydroxylation sites is 1. The van der Waals surface area contributed by atoms with E-state index in [9.17, 15) is 4.79 Å². The highest BCUT2D eigenvalue weighted by molar-refractivity contribution is 14.1. The van der Waals surface area contributed by atoms with Crippen molar-refractivity contribution < 1.29 is 4.79 Å². The molecule has 0 aliphatic carbocycles. The van der Waals surface area contributed by atoms with Crippen LogP contribution >= 0.6 is 22.9 Å². The molecule has 17 heavy (non-hydrogen) atoms. The Bertz CT molecular complexity index is 539. The minimum atomic E-state index is -0.530. The van der Waals surface area contributed by atoms with Crippen molar-refractivity contribution in [3.63, 3.8) is 0 Å². The second-order valence-corrected chi connectivity index (χ2v) is 5.73. The largest absolute Gasteiger partial charge is 0.325 e. The van der Waals surface area contributed by atoms with Crippen LogP contribution in [0.4, 0.5) is 5.69 Å². The second kappa shape index (κ2) is 3.68. The van der Waals surface area contributed by atoms with E-state index in [2.05, 4.69) is 34.3 Å². The van der Waals surface area contributed by atoms with E-state index in [1.54, 1.807) is 0 Å². The highest BCUT2D eigenvalue weighted by Gasteiger charge is 2.54. The number of benzene rings is 1. The van der Waals surface area contributed by atoms with Crippen LogP contribution in [0.3, 0.4) is 0 Å². The molecule has 0 saturated carbocycles. The molecule has 1 amide bonds. The first kappa shape index (κ1) is 11.0. The normalized spacial score (nSPS) is 31.3. The molecule has 1 saturated heterocycles. The maximum Gasteiger partial charge on any atom is 0.236 e. The summed E-state index contributed by atoms with van der Waals surface area (Å²) in [6.07, 6.45) is 0.579. The first-order valence-electron chi connectivity index (χ1n) is 5.40. The van der Waals surface area contributed by atoms with E-state index in [1.165, 1.54) is 0 Å². The molecule has 1 aromatic rings. The third-order valence-corrected chi connectivity index (χ3v) is 4.59. The molecule has 3 rings (SSSR count). The highest BCUT2D eigenvalue weighted by atomic mass is 127. The molecule has 1 fully saturated rings. The van der Waals surface area contributed by atoms with E-state index < -0.39 is 5.41 Å². The zero-order valence-corrected chi connectivity index (χ0v) is 11.1. The number of rotatable bonds is 0. The summed E-state index contributed by atoms with van der Waals surface area (Å²) in [4.78, 5) is 12.2. The van der Waals surface area contributed by atoms with Gasteiger partial charge in [-0.2, -0.15) is 5.26 Å². The molecular formula is C12H10IN3O. The quantitative estimate of drug-likeness (QED) is 0.580. The summed E-state index contributed by atoms with van der Waals surface area (Å²) in [6.45, 7) is 0.606. The number of carbonyl (C=O) groups excluding carboxylic acids is 1. The van der Waals surface area contributed by atoms with Gasteiger partial charge in [0.15, 0.2) is 0 Å². The summed E-state index contributed by atoms with van der Waals surface area (Å²) in [6, 6.07) is 9.82. The SMILES string of the molecule is N#C[C@@H]1C[C@@]2(CN1I)C(=O)Nc1ccccc12. The van der Waals surface area contributed by atoms with E-state index in [4.69, 9.17) is 5.26 Å². The van der Waals surface area contributed by atoms with Crippen LogP contribution < -0.4 is 5.32 Å². The zero-order chi connectivity index (χ0) is 12.0. The van der Waals surface area contributed by atoms with Gasteiger partial charge in [0.25, 0.3) is 0 Å².